The Hall–Kier alpha value is -2.89. The van der Waals surface area contributed by atoms with Gasteiger partial charge in [-0.15, -0.1) is 0 Å². The molecule has 25 heavy (non-hydrogen) atoms. The molecule has 0 bridgehead atoms. The molecule has 1 aliphatic carbocycles. The van der Waals surface area contributed by atoms with Crippen LogP contribution in [0, 0.1) is 0 Å². The highest BCUT2D eigenvalue weighted by Gasteiger charge is 2.18. The number of nitrogens with one attached hydrogen (secondary N) is 2. The van der Waals surface area contributed by atoms with E-state index in [2.05, 4.69) is 15.3 Å². The summed E-state index contributed by atoms with van der Waals surface area (Å²) in [5, 5.41) is 3.12. The van der Waals surface area contributed by atoms with Crippen molar-refractivity contribution in [3.05, 3.63) is 58.8 Å². The van der Waals surface area contributed by atoms with Gasteiger partial charge in [-0.05, 0) is 43.2 Å². The van der Waals surface area contributed by atoms with Crippen molar-refractivity contribution < 1.29 is 4.79 Å². The Balaban J connectivity index is 1.69. The molecule has 0 atom stereocenters. The van der Waals surface area contributed by atoms with Gasteiger partial charge in [0, 0.05) is 24.0 Å². The number of carbonyl (C=O) groups is 1. The maximum Gasteiger partial charge on any atom is 0.331 e. The summed E-state index contributed by atoms with van der Waals surface area (Å²) in [6, 6.07) is 9.10. The van der Waals surface area contributed by atoms with Crippen LogP contribution in [0.5, 0.6) is 0 Å². The maximum absolute atomic E-state index is 12.6. The van der Waals surface area contributed by atoms with E-state index in [1.54, 1.807) is 47.3 Å². The van der Waals surface area contributed by atoms with Crippen molar-refractivity contribution >= 4 is 16.9 Å². The van der Waals surface area contributed by atoms with E-state index in [0.29, 0.717) is 16.6 Å². The normalized spacial score (nSPS) is 15.4. The first kappa shape index (κ1) is 15.6. The second-order valence-electron chi connectivity index (χ2n) is 6.51. The Kier molecular flexibility index (Phi) is 4.09. The van der Waals surface area contributed by atoms with Crippen LogP contribution in [0.15, 0.2) is 47.5 Å². The number of rotatable bonds is 3. The number of carbonyl (C=O) groups excluding carboxylic acids is 1. The molecular weight excluding hydrogens is 316 g/mol. The molecule has 1 amide bonds. The van der Waals surface area contributed by atoms with Crippen LogP contribution in [0.1, 0.15) is 42.5 Å². The van der Waals surface area contributed by atoms with Crippen molar-refractivity contribution in [3.63, 3.8) is 0 Å². The predicted octanol–water partition coefficient (Wildman–Crippen LogP) is 2.78. The fraction of sp³-hybridized carbons (Fsp3) is 0.316. The molecular formula is C19H20N4O2. The van der Waals surface area contributed by atoms with Gasteiger partial charge in [0.15, 0.2) is 0 Å². The van der Waals surface area contributed by atoms with Gasteiger partial charge < -0.3 is 10.3 Å². The van der Waals surface area contributed by atoms with Crippen LogP contribution in [0.25, 0.3) is 16.7 Å². The largest absolute Gasteiger partial charge is 0.349 e. The third-order valence-corrected chi connectivity index (χ3v) is 4.81. The van der Waals surface area contributed by atoms with Gasteiger partial charge in [0.2, 0.25) is 0 Å². The SMILES string of the molecule is O=C(NC1CCCCC1)c1ccc2[nH]c(=O)n(-c3ccncc3)c2c1. The number of hydrogen-bond donors (Lipinski definition) is 2. The third-order valence-electron chi connectivity index (χ3n) is 4.81. The average molecular weight is 336 g/mol. The van der Waals surface area contributed by atoms with Crippen LogP contribution in [0.4, 0.5) is 0 Å². The summed E-state index contributed by atoms with van der Waals surface area (Å²) in [7, 11) is 0. The molecule has 2 N–H and O–H groups in total. The molecule has 0 aliphatic heterocycles. The number of H-pyrrole nitrogens is 1. The van der Waals surface area contributed by atoms with Gasteiger partial charge in [0.05, 0.1) is 16.7 Å². The molecule has 2 aromatic heterocycles. The number of amides is 1. The Bertz CT molecular complexity index is 952. The van der Waals surface area contributed by atoms with Gasteiger partial charge in [-0.1, -0.05) is 19.3 Å². The van der Waals surface area contributed by atoms with Crippen LogP contribution in [-0.4, -0.2) is 26.5 Å². The number of nitrogens with zero attached hydrogens (tertiary/aromatic N) is 2. The minimum atomic E-state index is -0.231. The standard InChI is InChI=1S/C19H20N4O2/c24-18(21-14-4-2-1-3-5-14)13-6-7-16-17(12-13)23(19(25)22-16)15-8-10-20-11-9-15/h6-12,14H,1-5H2,(H,21,24)(H,22,25). The maximum atomic E-state index is 12.6. The molecule has 0 saturated heterocycles. The lowest BCUT2D eigenvalue weighted by Gasteiger charge is -2.22. The summed E-state index contributed by atoms with van der Waals surface area (Å²) in [5.74, 6) is -0.0799. The van der Waals surface area contributed by atoms with E-state index >= 15 is 0 Å². The van der Waals surface area contributed by atoms with E-state index in [0.717, 1.165) is 18.5 Å². The first-order valence-corrected chi connectivity index (χ1v) is 8.68. The number of aromatic nitrogens is 3. The van der Waals surface area contributed by atoms with Crippen molar-refractivity contribution in [3.8, 4) is 5.69 Å². The Morgan fingerprint density at radius 3 is 2.64 bits per heavy atom. The number of hydrogen-bond acceptors (Lipinski definition) is 3. The zero-order valence-corrected chi connectivity index (χ0v) is 13.9. The predicted molar refractivity (Wildman–Crippen MR) is 96.0 cm³/mol. The Morgan fingerprint density at radius 1 is 1.12 bits per heavy atom. The molecule has 0 spiro atoms. The fourth-order valence-electron chi connectivity index (χ4n) is 3.51. The lowest BCUT2D eigenvalue weighted by molar-refractivity contribution is 0.0928. The smallest absolute Gasteiger partial charge is 0.331 e. The minimum Gasteiger partial charge on any atom is -0.349 e. The number of aromatic amines is 1. The van der Waals surface area contributed by atoms with Crippen LogP contribution in [0.2, 0.25) is 0 Å². The van der Waals surface area contributed by atoms with E-state index in [-0.39, 0.29) is 17.6 Å². The van der Waals surface area contributed by atoms with Gasteiger partial charge in [-0.25, -0.2) is 4.79 Å². The summed E-state index contributed by atoms with van der Waals surface area (Å²) in [6.45, 7) is 0. The van der Waals surface area contributed by atoms with Gasteiger partial charge in [-0.3, -0.25) is 14.3 Å². The Labute approximate surface area is 144 Å². The van der Waals surface area contributed by atoms with Crippen LogP contribution >= 0.6 is 0 Å². The van der Waals surface area contributed by atoms with Crippen LogP contribution < -0.4 is 11.0 Å². The van der Waals surface area contributed by atoms with Gasteiger partial charge in [-0.2, -0.15) is 0 Å². The first-order valence-electron chi connectivity index (χ1n) is 8.68. The lowest BCUT2D eigenvalue weighted by atomic mass is 9.95. The molecule has 6 nitrogen and oxygen atoms in total. The van der Waals surface area contributed by atoms with E-state index in [9.17, 15) is 9.59 Å². The van der Waals surface area contributed by atoms with Gasteiger partial charge in [0.25, 0.3) is 5.91 Å². The van der Waals surface area contributed by atoms with E-state index in [1.807, 2.05) is 0 Å². The number of imidazole rings is 1. The average Bonchev–Trinajstić information content (AvgIpc) is 2.98. The van der Waals surface area contributed by atoms with Crippen LogP contribution in [-0.2, 0) is 0 Å². The van der Waals surface area contributed by atoms with E-state index in [1.165, 1.54) is 19.3 Å². The molecule has 2 heterocycles. The summed E-state index contributed by atoms with van der Waals surface area (Å²) in [5.41, 5.74) is 2.45. The number of fused-ring (bicyclic) bond motifs is 1. The molecule has 1 aliphatic rings. The monoisotopic (exact) mass is 336 g/mol. The highest BCUT2D eigenvalue weighted by atomic mass is 16.2. The molecule has 6 heteroatoms. The second-order valence-corrected chi connectivity index (χ2v) is 6.51. The van der Waals surface area contributed by atoms with Crippen molar-refractivity contribution in [2.75, 3.05) is 0 Å². The zero-order valence-electron chi connectivity index (χ0n) is 13.9. The number of benzene rings is 1. The zero-order chi connectivity index (χ0) is 17.2. The highest BCUT2D eigenvalue weighted by Crippen LogP contribution is 2.20. The summed E-state index contributed by atoms with van der Waals surface area (Å²) in [4.78, 5) is 31.7. The van der Waals surface area contributed by atoms with Crippen molar-refractivity contribution in [2.24, 2.45) is 0 Å². The first-order chi connectivity index (χ1) is 12.2. The topological polar surface area (TPSA) is 79.8 Å². The molecule has 0 radical (unpaired) electrons. The van der Waals surface area contributed by atoms with E-state index in [4.69, 9.17) is 0 Å². The molecule has 3 aromatic rings. The van der Waals surface area contributed by atoms with Gasteiger partial charge in [0.1, 0.15) is 0 Å². The summed E-state index contributed by atoms with van der Waals surface area (Å²) < 4.78 is 1.56. The van der Waals surface area contributed by atoms with Crippen LogP contribution in [0.3, 0.4) is 0 Å². The van der Waals surface area contributed by atoms with Crippen molar-refractivity contribution in [1.82, 2.24) is 19.9 Å². The molecule has 0 unspecified atom stereocenters. The molecule has 128 valence electrons. The van der Waals surface area contributed by atoms with Crippen molar-refractivity contribution in [1.29, 1.82) is 0 Å². The fourth-order valence-corrected chi connectivity index (χ4v) is 3.51. The second kappa shape index (κ2) is 6.55. The molecule has 1 fully saturated rings. The highest BCUT2D eigenvalue weighted by molar-refractivity contribution is 5.97. The quantitative estimate of drug-likeness (QED) is 0.772. The summed E-state index contributed by atoms with van der Waals surface area (Å²) >= 11 is 0. The van der Waals surface area contributed by atoms with E-state index < -0.39 is 0 Å². The molecule has 4 rings (SSSR count). The van der Waals surface area contributed by atoms with Crippen molar-refractivity contribution in [2.45, 2.75) is 38.1 Å². The molecule has 1 aromatic carbocycles. The lowest BCUT2D eigenvalue weighted by Crippen LogP contribution is -2.36. The third kappa shape index (κ3) is 3.07. The summed E-state index contributed by atoms with van der Waals surface area (Å²) in [6.07, 6.45) is 8.95. The molecule has 1 saturated carbocycles. The van der Waals surface area contributed by atoms with Gasteiger partial charge >= 0.3 is 5.69 Å². The minimum absolute atomic E-state index is 0.0799. The Morgan fingerprint density at radius 2 is 1.88 bits per heavy atom. The number of pyridine rings is 1.